The van der Waals surface area contributed by atoms with Crippen molar-refractivity contribution in [3.63, 3.8) is 0 Å². The van der Waals surface area contributed by atoms with E-state index in [-0.39, 0.29) is 30.8 Å². The lowest BCUT2D eigenvalue weighted by molar-refractivity contribution is -0.122. The molecule has 1 aromatic carbocycles. The van der Waals surface area contributed by atoms with E-state index in [9.17, 15) is 17.6 Å². The summed E-state index contributed by atoms with van der Waals surface area (Å²) >= 11 is 0. The van der Waals surface area contributed by atoms with Gasteiger partial charge in [-0.15, -0.1) is 0 Å². The number of aromatic nitrogens is 3. The predicted molar refractivity (Wildman–Crippen MR) is 133 cm³/mol. The van der Waals surface area contributed by atoms with E-state index >= 15 is 0 Å². The van der Waals surface area contributed by atoms with Gasteiger partial charge in [-0.1, -0.05) is 39.0 Å². The first-order valence-corrected chi connectivity index (χ1v) is 13.3. The molecule has 10 heteroatoms. The van der Waals surface area contributed by atoms with Gasteiger partial charge < -0.3 is 5.32 Å². The highest BCUT2D eigenvalue weighted by atomic mass is 32.2. The highest BCUT2D eigenvalue weighted by molar-refractivity contribution is 7.88. The molecule has 0 fully saturated rings. The highest BCUT2D eigenvalue weighted by Gasteiger charge is 2.22. The van der Waals surface area contributed by atoms with Crippen LogP contribution in [0.3, 0.4) is 0 Å². The lowest BCUT2D eigenvalue weighted by Crippen LogP contribution is -2.28. The Balaban J connectivity index is 1.70. The summed E-state index contributed by atoms with van der Waals surface area (Å²) < 4.78 is 41.0. The van der Waals surface area contributed by atoms with Gasteiger partial charge in [0.2, 0.25) is 15.9 Å². The average molecular weight is 502 g/mol. The Morgan fingerprint density at radius 2 is 1.91 bits per heavy atom. The Morgan fingerprint density at radius 1 is 1.17 bits per heavy atom. The minimum Gasteiger partial charge on any atom is -0.350 e. The molecule has 35 heavy (non-hydrogen) atoms. The molecule has 1 amide bonds. The molecule has 8 nitrogen and oxygen atoms in total. The highest BCUT2D eigenvalue weighted by Crippen LogP contribution is 2.24. The van der Waals surface area contributed by atoms with Gasteiger partial charge in [-0.3, -0.25) is 4.79 Å². The Morgan fingerprint density at radius 3 is 2.51 bits per heavy atom. The first-order valence-electron chi connectivity index (χ1n) is 11.4. The van der Waals surface area contributed by atoms with Crippen LogP contribution in [-0.4, -0.2) is 41.9 Å². The molecule has 3 rings (SSSR count). The number of sulfonamides is 1. The molecule has 0 saturated carbocycles. The van der Waals surface area contributed by atoms with Gasteiger partial charge in [0, 0.05) is 18.2 Å². The largest absolute Gasteiger partial charge is 0.350 e. The first kappa shape index (κ1) is 26.5. The quantitative estimate of drug-likeness (QED) is 0.468. The molecule has 0 spiro atoms. The number of rotatable bonds is 9. The minimum atomic E-state index is -3.33. The Kier molecular flexibility index (Phi) is 8.07. The molecular formula is C25H32FN5O3S. The zero-order valence-corrected chi connectivity index (χ0v) is 21.5. The second-order valence-corrected chi connectivity index (χ2v) is 11.4. The molecule has 0 aliphatic heterocycles. The molecule has 0 aliphatic carbocycles. The van der Waals surface area contributed by atoms with Gasteiger partial charge in [0.15, 0.2) is 5.82 Å². The van der Waals surface area contributed by atoms with E-state index < -0.39 is 21.8 Å². The molecule has 0 radical (unpaired) electrons. The van der Waals surface area contributed by atoms with Crippen LogP contribution >= 0.6 is 0 Å². The minimum absolute atomic E-state index is 0.103. The molecular weight excluding hydrogens is 469 g/mol. The Bertz CT molecular complexity index is 1280. The van der Waals surface area contributed by atoms with E-state index in [0.717, 1.165) is 17.6 Å². The second-order valence-electron chi connectivity index (χ2n) is 9.58. The third-order valence-electron chi connectivity index (χ3n) is 5.59. The molecule has 1 unspecified atom stereocenters. The third kappa shape index (κ3) is 7.19. The zero-order chi connectivity index (χ0) is 25.8. The van der Waals surface area contributed by atoms with Crippen LogP contribution in [0.15, 0.2) is 48.7 Å². The Hall–Kier alpha value is -3.11. The summed E-state index contributed by atoms with van der Waals surface area (Å²) in [6, 6.07) is 12.1. The van der Waals surface area contributed by atoms with Crippen molar-refractivity contribution in [1.82, 2.24) is 24.8 Å². The van der Waals surface area contributed by atoms with Crippen molar-refractivity contribution in [2.75, 3.05) is 12.8 Å². The summed E-state index contributed by atoms with van der Waals surface area (Å²) in [7, 11) is -3.33. The number of benzene rings is 1. The summed E-state index contributed by atoms with van der Waals surface area (Å²) in [6.07, 6.45) is 2.96. The van der Waals surface area contributed by atoms with Crippen LogP contribution in [-0.2, 0) is 33.2 Å². The fourth-order valence-corrected chi connectivity index (χ4v) is 3.95. The number of carbonyl (C=O) groups is 1. The van der Waals surface area contributed by atoms with Crippen LogP contribution in [0, 0.1) is 5.82 Å². The van der Waals surface area contributed by atoms with Crippen molar-refractivity contribution in [2.45, 2.75) is 52.0 Å². The van der Waals surface area contributed by atoms with Gasteiger partial charge in [0.25, 0.3) is 0 Å². The van der Waals surface area contributed by atoms with Gasteiger partial charge in [-0.05, 0) is 48.7 Å². The summed E-state index contributed by atoms with van der Waals surface area (Å²) in [5.74, 6) is -0.646. The van der Waals surface area contributed by atoms with Crippen LogP contribution in [0.25, 0.3) is 5.82 Å². The molecule has 1 atom stereocenters. The molecule has 2 heterocycles. The SMILES string of the molecule is CC(C(=O)NCc1cc(C(C)(C)C)nn1-c1ccccn1)c1ccc(CCNS(C)(=O)=O)c(F)c1. The Labute approximate surface area is 206 Å². The number of halogens is 1. The van der Waals surface area contributed by atoms with Crippen molar-refractivity contribution in [1.29, 1.82) is 0 Å². The van der Waals surface area contributed by atoms with Gasteiger partial charge in [-0.2, -0.15) is 5.10 Å². The van der Waals surface area contributed by atoms with Crippen LogP contribution in [0.1, 0.15) is 56.1 Å². The van der Waals surface area contributed by atoms with E-state index in [1.165, 1.54) is 6.07 Å². The molecule has 0 bridgehead atoms. The second kappa shape index (κ2) is 10.7. The maximum Gasteiger partial charge on any atom is 0.227 e. The maximum absolute atomic E-state index is 14.6. The molecule has 0 saturated heterocycles. The fraction of sp³-hybridized carbons (Fsp3) is 0.400. The smallest absolute Gasteiger partial charge is 0.227 e. The van der Waals surface area contributed by atoms with Gasteiger partial charge in [-0.25, -0.2) is 27.2 Å². The van der Waals surface area contributed by atoms with Crippen molar-refractivity contribution in [3.8, 4) is 5.82 Å². The van der Waals surface area contributed by atoms with Crippen LogP contribution in [0.5, 0.6) is 0 Å². The number of amides is 1. The number of carbonyl (C=O) groups excluding carboxylic acids is 1. The zero-order valence-electron chi connectivity index (χ0n) is 20.7. The number of hydrogen-bond acceptors (Lipinski definition) is 5. The number of nitrogens with zero attached hydrogens (tertiary/aromatic N) is 3. The van der Waals surface area contributed by atoms with Gasteiger partial charge >= 0.3 is 0 Å². The topological polar surface area (TPSA) is 106 Å². The number of pyridine rings is 1. The summed E-state index contributed by atoms with van der Waals surface area (Å²) in [5.41, 5.74) is 2.40. The van der Waals surface area contributed by atoms with Crippen LogP contribution in [0.4, 0.5) is 4.39 Å². The van der Waals surface area contributed by atoms with Crippen molar-refractivity contribution in [2.24, 2.45) is 0 Å². The summed E-state index contributed by atoms with van der Waals surface area (Å²) in [4.78, 5) is 17.3. The number of nitrogens with one attached hydrogen (secondary N) is 2. The molecule has 2 aromatic heterocycles. The van der Waals surface area contributed by atoms with E-state index in [0.29, 0.717) is 16.9 Å². The number of hydrogen-bond donors (Lipinski definition) is 2. The normalized spacial score (nSPS) is 13.0. The van der Waals surface area contributed by atoms with Crippen molar-refractivity contribution < 1.29 is 17.6 Å². The van der Waals surface area contributed by atoms with E-state index in [2.05, 4.69) is 35.8 Å². The van der Waals surface area contributed by atoms with Gasteiger partial charge in [0.1, 0.15) is 5.82 Å². The first-order chi connectivity index (χ1) is 16.3. The molecule has 0 aliphatic rings. The standard InChI is InChI=1S/C25H32FN5O3S/c1-17(19-10-9-18(21(26)14-19)11-13-29-35(5,33)34)24(32)28-16-20-15-22(25(2,3)4)30-31(20)23-8-6-7-12-27-23/h6-10,12,14-15,17,29H,11,13,16H2,1-5H3,(H,28,32). The monoisotopic (exact) mass is 501 g/mol. The predicted octanol–water partition coefficient (Wildman–Crippen LogP) is 3.22. The van der Waals surface area contributed by atoms with Crippen LogP contribution in [0.2, 0.25) is 0 Å². The lowest BCUT2D eigenvalue weighted by Gasteiger charge is -2.14. The third-order valence-corrected chi connectivity index (χ3v) is 6.32. The van der Waals surface area contributed by atoms with Gasteiger partial charge in [0.05, 0.1) is 30.1 Å². The average Bonchev–Trinajstić information content (AvgIpc) is 3.23. The van der Waals surface area contributed by atoms with Crippen molar-refractivity contribution in [3.05, 3.63) is 77.0 Å². The molecule has 3 aromatic rings. The fourth-order valence-electron chi connectivity index (χ4n) is 3.48. The molecule has 188 valence electrons. The summed E-state index contributed by atoms with van der Waals surface area (Å²) in [5, 5.41) is 7.63. The van der Waals surface area contributed by atoms with Crippen LogP contribution < -0.4 is 10.0 Å². The van der Waals surface area contributed by atoms with Crippen molar-refractivity contribution >= 4 is 15.9 Å². The van der Waals surface area contributed by atoms with E-state index in [1.54, 1.807) is 29.9 Å². The summed E-state index contributed by atoms with van der Waals surface area (Å²) in [6.45, 7) is 8.26. The lowest BCUT2D eigenvalue weighted by atomic mass is 9.92. The maximum atomic E-state index is 14.6. The molecule has 2 N–H and O–H groups in total. The van der Waals surface area contributed by atoms with E-state index in [1.807, 2.05) is 24.3 Å². The van der Waals surface area contributed by atoms with E-state index in [4.69, 9.17) is 5.10 Å².